The van der Waals surface area contributed by atoms with Crippen molar-refractivity contribution < 1.29 is 14.3 Å². The number of nitrogens with zero attached hydrogens (tertiary/aromatic N) is 1. The number of aryl methyl sites for hydroxylation is 1. The molecule has 2 atom stereocenters. The summed E-state index contributed by atoms with van der Waals surface area (Å²) < 4.78 is 5.97. The fourth-order valence-corrected chi connectivity index (χ4v) is 3.92. The lowest BCUT2D eigenvalue weighted by atomic mass is 9.82. The molecule has 138 valence electrons. The molecule has 0 unspecified atom stereocenters. The summed E-state index contributed by atoms with van der Waals surface area (Å²) in [6, 6.07) is 13.1. The number of ether oxygens (including phenoxy) is 1. The lowest BCUT2D eigenvalue weighted by Crippen LogP contribution is -2.30. The van der Waals surface area contributed by atoms with Gasteiger partial charge >= 0.3 is 0 Å². The Hall–Kier alpha value is -2.88. The molecular formula is C23H23NO3. The molecule has 2 aromatic carbocycles. The third-order valence-corrected chi connectivity index (χ3v) is 5.70. The van der Waals surface area contributed by atoms with E-state index in [1.165, 1.54) is 16.0 Å². The quantitative estimate of drug-likeness (QED) is 0.574. The van der Waals surface area contributed by atoms with E-state index in [0.29, 0.717) is 24.3 Å². The first-order valence-electron chi connectivity index (χ1n) is 9.33. The molecule has 1 fully saturated rings. The average Bonchev–Trinajstić information content (AvgIpc) is 2.90. The van der Waals surface area contributed by atoms with E-state index in [1.807, 2.05) is 51.1 Å². The molecule has 0 N–H and O–H groups in total. The number of fused-ring (bicyclic) bond motifs is 1. The van der Waals surface area contributed by atoms with Crippen LogP contribution >= 0.6 is 0 Å². The van der Waals surface area contributed by atoms with Gasteiger partial charge in [0.1, 0.15) is 11.5 Å². The molecule has 0 bridgehead atoms. The van der Waals surface area contributed by atoms with Crippen molar-refractivity contribution in [2.24, 2.45) is 11.8 Å². The summed E-state index contributed by atoms with van der Waals surface area (Å²) in [6.45, 7) is 6.10. The van der Waals surface area contributed by atoms with E-state index < -0.39 is 0 Å². The van der Waals surface area contributed by atoms with Crippen molar-refractivity contribution in [3.8, 4) is 11.5 Å². The number of rotatable bonds is 3. The van der Waals surface area contributed by atoms with Gasteiger partial charge in [0.2, 0.25) is 11.8 Å². The summed E-state index contributed by atoms with van der Waals surface area (Å²) in [5.41, 5.74) is 4.07. The topological polar surface area (TPSA) is 46.6 Å². The van der Waals surface area contributed by atoms with Crippen LogP contribution in [0, 0.1) is 25.7 Å². The Morgan fingerprint density at radius 3 is 2.37 bits per heavy atom. The highest BCUT2D eigenvalue weighted by Gasteiger charge is 2.48. The molecule has 1 heterocycles. The smallest absolute Gasteiger partial charge is 0.238 e. The van der Waals surface area contributed by atoms with E-state index in [-0.39, 0.29) is 23.7 Å². The van der Waals surface area contributed by atoms with Crippen LogP contribution in [0.5, 0.6) is 11.5 Å². The van der Waals surface area contributed by atoms with Gasteiger partial charge in [-0.2, -0.15) is 0 Å². The first-order valence-corrected chi connectivity index (χ1v) is 9.33. The Balaban J connectivity index is 1.55. The van der Waals surface area contributed by atoms with Crippen molar-refractivity contribution in [1.82, 2.24) is 0 Å². The maximum absolute atomic E-state index is 12.8. The SMILES string of the molecule is CC1=CC[C@H]2C(=O)N(c3ccc(Oc4cccc(C)c4C)cc3)C(=O)[C@H]2C1. The van der Waals surface area contributed by atoms with Crippen LogP contribution in [0.4, 0.5) is 5.69 Å². The minimum absolute atomic E-state index is 0.0827. The highest BCUT2D eigenvalue weighted by atomic mass is 16.5. The van der Waals surface area contributed by atoms with Gasteiger partial charge in [0.25, 0.3) is 0 Å². The fraction of sp³-hybridized carbons (Fsp3) is 0.304. The molecule has 4 rings (SSSR count). The van der Waals surface area contributed by atoms with Crippen LogP contribution < -0.4 is 9.64 Å². The van der Waals surface area contributed by atoms with E-state index >= 15 is 0 Å². The van der Waals surface area contributed by atoms with Gasteiger partial charge in [-0.1, -0.05) is 23.8 Å². The van der Waals surface area contributed by atoms with Crippen LogP contribution in [0.3, 0.4) is 0 Å². The molecule has 0 spiro atoms. The van der Waals surface area contributed by atoms with Crippen LogP contribution in [0.2, 0.25) is 0 Å². The van der Waals surface area contributed by atoms with Crippen molar-refractivity contribution in [1.29, 1.82) is 0 Å². The Morgan fingerprint density at radius 2 is 1.63 bits per heavy atom. The van der Waals surface area contributed by atoms with Crippen molar-refractivity contribution in [3.05, 3.63) is 65.2 Å². The van der Waals surface area contributed by atoms with Crippen molar-refractivity contribution >= 4 is 17.5 Å². The molecule has 1 saturated heterocycles. The Bertz CT molecular complexity index is 943. The van der Waals surface area contributed by atoms with E-state index in [2.05, 4.69) is 6.08 Å². The number of carbonyl (C=O) groups excluding carboxylic acids is 2. The number of amides is 2. The predicted octanol–water partition coefficient (Wildman–Crippen LogP) is 4.94. The molecular weight excluding hydrogens is 338 g/mol. The number of benzene rings is 2. The van der Waals surface area contributed by atoms with Gasteiger partial charge in [0, 0.05) is 0 Å². The Kier molecular flexibility index (Phi) is 4.34. The highest BCUT2D eigenvalue weighted by Crippen LogP contribution is 2.40. The van der Waals surface area contributed by atoms with Crippen molar-refractivity contribution in [2.75, 3.05) is 4.90 Å². The molecule has 1 aliphatic heterocycles. The second kappa shape index (κ2) is 6.69. The van der Waals surface area contributed by atoms with Gasteiger partial charge in [-0.15, -0.1) is 0 Å². The summed E-state index contributed by atoms with van der Waals surface area (Å²) >= 11 is 0. The van der Waals surface area contributed by atoms with Crippen LogP contribution in [-0.4, -0.2) is 11.8 Å². The lowest BCUT2D eigenvalue weighted by Gasteiger charge is -2.18. The van der Waals surface area contributed by atoms with Crippen LogP contribution in [0.25, 0.3) is 0 Å². The summed E-state index contributed by atoms with van der Waals surface area (Å²) in [6.07, 6.45) is 3.42. The maximum Gasteiger partial charge on any atom is 0.238 e. The van der Waals surface area contributed by atoms with Gasteiger partial charge in [0.05, 0.1) is 17.5 Å². The molecule has 0 aromatic heterocycles. The molecule has 2 amide bonds. The van der Waals surface area contributed by atoms with E-state index in [4.69, 9.17) is 4.74 Å². The number of allylic oxidation sites excluding steroid dienone is 2. The van der Waals surface area contributed by atoms with Gasteiger partial charge in [0.15, 0.2) is 0 Å². The largest absolute Gasteiger partial charge is 0.457 e. The fourth-order valence-electron chi connectivity index (χ4n) is 3.92. The van der Waals surface area contributed by atoms with E-state index in [9.17, 15) is 9.59 Å². The Labute approximate surface area is 159 Å². The second-order valence-electron chi connectivity index (χ2n) is 7.51. The summed E-state index contributed by atoms with van der Waals surface area (Å²) in [5, 5.41) is 0. The van der Waals surface area contributed by atoms with Gasteiger partial charge in [-0.3, -0.25) is 14.5 Å². The number of hydrogen-bond acceptors (Lipinski definition) is 3. The third kappa shape index (κ3) is 3.05. The van der Waals surface area contributed by atoms with Gasteiger partial charge in [-0.25, -0.2) is 0 Å². The van der Waals surface area contributed by atoms with E-state index in [1.54, 1.807) is 12.1 Å². The molecule has 4 nitrogen and oxygen atoms in total. The van der Waals surface area contributed by atoms with Crippen LogP contribution in [-0.2, 0) is 9.59 Å². The number of anilines is 1. The summed E-state index contributed by atoms with van der Waals surface area (Å²) in [7, 11) is 0. The predicted molar refractivity (Wildman–Crippen MR) is 105 cm³/mol. The second-order valence-corrected chi connectivity index (χ2v) is 7.51. The standard InChI is InChI=1S/C23H23NO3/c1-14-7-12-19-20(13-14)23(26)24(22(19)25)17-8-10-18(11-9-17)27-21-6-4-5-15(2)16(21)3/h4-11,19-20H,12-13H2,1-3H3/t19-,20+/m1/s1. The molecule has 2 aromatic rings. The third-order valence-electron chi connectivity index (χ3n) is 5.70. The molecule has 4 heteroatoms. The number of imide groups is 1. The summed E-state index contributed by atoms with van der Waals surface area (Å²) in [4.78, 5) is 26.9. The van der Waals surface area contributed by atoms with Crippen molar-refractivity contribution in [2.45, 2.75) is 33.6 Å². The minimum Gasteiger partial charge on any atom is -0.457 e. The molecule has 0 radical (unpaired) electrons. The Morgan fingerprint density at radius 1 is 0.926 bits per heavy atom. The molecule has 0 saturated carbocycles. The highest BCUT2D eigenvalue weighted by molar-refractivity contribution is 6.22. The van der Waals surface area contributed by atoms with Gasteiger partial charge in [-0.05, 0) is 75.1 Å². The number of carbonyl (C=O) groups is 2. The first kappa shape index (κ1) is 17.5. The normalized spacial score (nSPS) is 21.9. The lowest BCUT2D eigenvalue weighted by molar-refractivity contribution is -0.122. The zero-order valence-corrected chi connectivity index (χ0v) is 15.9. The van der Waals surface area contributed by atoms with Gasteiger partial charge < -0.3 is 4.74 Å². The first-order chi connectivity index (χ1) is 13.0. The molecule has 2 aliphatic rings. The minimum atomic E-state index is -0.216. The van der Waals surface area contributed by atoms with Crippen LogP contribution in [0.1, 0.15) is 30.9 Å². The maximum atomic E-state index is 12.8. The zero-order chi connectivity index (χ0) is 19.1. The molecule has 1 aliphatic carbocycles. The zero-order valence-electron chi connectivity index (χ0n) is 15.9. The monoisotopic (exact) mass is 361 g/mol. The average molecular weight is 361 g/mol. The number of hydrogen-bond donors (Lipinski definition) is 0. The molecule has 27 heavy (non-hydrogen) atoms. The van der Waals surface area contributed by atoms with Crippen LogP contribution in [0.15, 0.2) is 54.1 Å². The van der Waals surface area contributed by atoms with E-state index in [0.717, 1.165) is 11.3 Å². The van der Waals surface area contributed by atoms with Crippen molar-refractivity contribution in [3.63, 3.8) is 0 Å². The summed E-state index contributed by atoms with van der Waals surface area (Å²) in [5.74, 6) is 0.892.